The topological polar surface area (TPSA) is 85.6 Å². The van der Waals surface area contributed by atoms with Crippen LogP contribution in [-0.4, -0.2) is 23.9 Å². The van der Waals surface area contributed by atoms with Gasteiger partial charge in [0.1, 0.15) is 0 Å². The van der Waals surface area contributed by atoms with Crippen LogP contribution in [0.5, 0.6) is 0 Å². The summed E-state index contributed by atoms with van der Waals surface area (Å²) in [6.45, 7) is 1.28. The van der Waals surface area contributed by atoms with Gasteiger partial charge in [0.25, 0.3) is 5.56 Å². The van der Waals surface area contributed by atoms with Gasteiger partial charge in [-0.15, -0.1) is 0 Å². The van der Waals surface area contributed by atoms with Gasteiger partial charge >= 0.3 is 6.18 Å². The van der Waals surface area contributed by atoms with Crippen LogP contribution in [0.15, 0.2) is 65.6 Å². The maximum absolute atomic E-state index is 12.7. The number of nitrogens with one attached hydrogen (secondary N) is 1. The molecule has 8 heteroatoms. The lowest BCUT2D eigenvalue weighted by Gasteiger charge is -2.12. The van der Waals surface area contributed by atoms with E-state index in [0.29, 0.717) is 29.9 Å². The summed E-state index contributed by atoms with van der Waals surface area (Å²) >= 11 is 0. The Morgan fingerprint density at radius 3 is 2.37 bits per heavy atom. The first-order chi connectivity index (χ1) is 14.3. The average molecular weight is 415 g/mol. The quantitative estimate of drug-likeness (QED) is 0.409. The fourth-order valence-electron chi connectivity index (χ4n) is 3.05. The summed E-state index contributed by atoms with van der Waals surface area (Å²) in [7, 11) is 0. The van der Waals surface area contributed by atoms with E-state index in [0.717, 1.165) is 29.8 Å². The number of hydrogen-bond donors (Lipinski definition) is 3. The lowest BCUT2D eigenvalue weighted by molar-refractivity contribution is -0.137. The number of alkyl halides is 3. The third kappa shape index (κ3) is 4.77. The molecule has 0 spiro atoms. The summed E-state index contributed by atoms with van der Waals surface area (Å²) in [4.78, 5) is 12.6. The zero-order chi connectivity index (χ0) is 21.7. The molecule has 0 atom stereocenters. The Bertz CT molecular complexity index is 1090. The van der Waals surface area contributed by atoms with Crippen molar-refractivity contribution in [1.82, 2.24) is 4.57 Å². The summed E-state index contributed by atoms with van der Waals surface area (Å²) in [6.07, 6.45) is -0.538. The van der Waals surface area contributed by atoms with Gasteiger partial charge in [0, 0.05) is 30.2 Å². The van der Waals surface area contributed by atoms with Gasteiger partial charge in [-0.1, -0.05) is 12.1 Å². The maximum atomic E-state index is 12.7. The Hall–Kier alpha value is -3.39. The van der Waals surface area contributed by atoms with E-state index >= 15 is 0 Å². The van der Waals surface area contributed by atoms with Gasteiger partial charge in [-0.05, 0) is 60.5 Å². The molecule has 3 rings (SSSR count). The molecule has 5 nitrogen and oxygen atoms in total. The Kier molecular flexibility index (Phi) is 6.37. The smallest absolute Gasteiger partial charge is 0.384 e. The van der Waals surface area contributed by atoms with Gasteiger partial charge in [-0.25, -0.2) is 0 Å². The highest BCUT2D eigenvalue weighted by atomic mass is 19.4. The summed E-state index contributed by atoms with van der Waals surface area (Å²) < 4.78 is 39.6. The average Bonchev–Trinajstić information content (AvgIpc) is 2.73. The normalized spacial score (nSPS) is 11.3. The predicted octanol–water partition coefficient (Wildman–Crippen LogP) is 2.46. The standard InChI is InChI=1S/C22H21F3N4O/c23-22(24,25)18-4-2-15(3-5-18)16-8-11-29(21(30)13-16)19-6-7-20(17(12-19)14-27)28-10-1-9-26/h2-8,11-14,27-28H,1,9-10,26H2/p+1. The number of halogens is 3. The highest BCUT2D eigenvalue weighted by Gasteiger charge is 2.29. The third-order valence-corrected chi connectivity index (χ3v) is 4.65. The fraction of sp³-hybridized carbons (Fsp3) is 0.182. The van der Waals surface area contributed by atoms with Gasteiger partial charge < -0.3 is 11.1 Å². The van der Waals surface area contributed by atoms with Gasteiger partial charge in [-0.3, -0.25) is 14.8 Å². The predicted molar refractivity (Wildman–Crippen MR) is 112 cm³/mol. The molecule has 0 amide bonds. The third-order valence-electron chi connectivity index (χ3n) is 4.65. The van der Waals surface area contributed by atoms with E-state index in [1.165, 1.54) is 29.0 Å². The van der Waals surface area contributed by atoms with E-state index < -0.39 is 11.7 Å². The van der Waals surface area contributed by atoms with Gasteiger partial charge in [0.05, 0.1) is 11.1 Å². The zero-order valence-corrected chi connectivity index (χ0v) is 16.1. The molecule has 0 aliphatic heterocycles. The van der Waals surface area contributed by atoms with Crippen molar-refractivity contribution in [2.45, 2.75) is 12.6 Å². The van der Waals surface area contributed by atoms with Crippen LogP contribution in [0.1, 0.15) is 17.5 Å². The van der Waals surface area contributed by atoms with E-state index in [1.807, 2.05) is 6.07 Å². The van der Waals surface area contributed by atoms with Gasteiger partial charge in [-0.2, -0.15) is 13.2 Å². The molecule has 5 N–H and O–H groups in total. The van der Waals surface area contributed by atoms with Crippen molar-refractivity contribution in [1.29, 1.82) is 0 Å². The molecule has 1 aromatic heterocycles. The number of hydrogen-bond acceptors (Lipinski definition) is 3. The van der Waals surface area contributed by atoms with Crippen molar-refractivity contribution in [2.24, 2.45) is 5.73 Å². The number of nitrogens with zero attached hydrogens (tertiary/aromatic N) is 1. The molecule has 0 radical (unpaired) electrons. The van der Waals surface area contributed by atoms with Gasteiger partial charge in [0.15, 0.2) is 6.21 Å². The number of pyridine rings is 1. The molecule has 1 heterocycles. The minimum absolute atomic E-state index is 0.306. The number of benzene rings is 2. The van der Waals surface area contributed by atoms with Crippen LogP contribution in [0.2, 0.25) is 0 Å². The van der Waals surface area contributed by atoms with Crippen molar-refractivity contribution < 1.29 is 18.6 Å². The number of anilines is 1. The van der Waals surface area contributed by atoms with Crippen molar-refractivity contribution in [2.75, 3.05) is 18.4 Å². The van der Waals surface area contributed by atoms with Crippen LogP contribution in [0, 0.1) is 0 Å². The van der Waals surface area contributed by atoms with Crippen LogP contribution < -0.4 is 22.0 Å². The molecule has 156 valence electrons. The minimum atomic E-state index is -4.40. The van der Waals surface area contributed by atoms with Crippen molar-refractivity contribution in [3.05, 3.63) is 82.3 Å². The first-order valence-corrected chi connectivity index (χ1v) is 9.37. The Balaban J connectivity index is 1.88. The summed E-state index contributed by atoms with van der Waals surface area (Å²) in [5.74, 6) is 0. The Labute approximate surface area is 171 Å². The molecule has 0 fully saturated rings. The Morgan fingerprint density at radius 2 is 1.77 bits per heavy atom. The SMILES string of the molecule is NCCCNc1ccc(-n2ccc(-c3ccc(C(F)(F)F)cc3)cc2=O)cc1C=[NH2+]. The van der Waals surface area contributed by atoms with Crippen LogP contribution in [0.25, 0.3) is 16.8 Å². The second kappa shape index (κ2) is 8.96. The highest BCUT2D eigenvalue weighted by molar-refractivity contribution is 5.85. The molecular weight excluding hydrogens is 393 g/mol. The number of rotatable bonds is 7. The van der Waals surface area contributed by atoms with Crippen LogP contribution in [-0.2, 0) is 6.18 Å². The number of nitrogens with two attached hydrogens (primary N) is 2. The summed E-state index contributed by atoms with van der Waals surface area (Å²) in [5.41, 5.74) is 7.73. The molecule has 0 aliphatic carbocycles. The molecule has 2 aromatic carbocycles. The van der Waals surface area contributed by atoms with E-state index in [-0.39, 0.29) is 5.56 Å². The monoisotopic (exact) mass is 415 g/mol. The zero-order valence-electron chi connectivity index (χ0n) is 16.1. The van der Waals surface area contributed by atoms with E-state index in [2.05, 4.69) is 5.32 Å². The van der Waals surface area contributed by atoms with Crippen molar-refractivity contribution in [3.63, 3.8) is 0 Å². The molecule has 0 aliphatic rings. The Morgan fingerprint density at radius 1 is 1.03 bits per heavy atom. The van der Waals surface area contributed by atoms with Crippen LogP contribution in [0.4, 0.5) is 18.9 Å². The van der Waals surface area contributed by atoms with Crippen LogP contribution >= 0.6 is 0 Å². The summed E-state index contributed by atoms with van der Waals surface area (Å²) in [6, 6.07) is 13.2. The maximum Gasteiger partial charge on any atom is 0.416 e. The second-order valence-corrected chi connectivity index (χ2v) is 6.71. The van der Waals surface area contributed by atoms with E-state index in [9.17, 15) is 18.0 Å². The molecule has 30 heavy (non-hydrogen) atoms. The lowest BCUT2D eigenvalue weighted by atomic mass is 10.0. The first kappa shape index (κ1) is 21.3. The minimum Gasteiger partial charge on any atom is -0.384 e. The number of aromatic nitrogens is 1. The van der Waals surface area contributed by atoms with Crippen molar-refractivity contribution >= 4 is 11.9 Å². The molecular formula is C22H22F3N4O+. The summed E-state index contributed by atoms with van der Waals surface area (Å²) in [5, 5.41) is 8.97. The first-order valence-electron chi connectivity index (χ1n) is 9.37. The highest BCUT2D eigenvalue weighted by Crippen LogP contribution is 2.30. The largest absolute Gasteiger partial charge is 0.416 e. The molecule has 0 saturated heterocycles. The van der Waals surface area contributed by atoms with Crippen LogP contribution in [0.3, 0.4) is 0 Å². The van der Waals surface area contributed by atoms with E-state index in [1.54, 1.807) is 24.4 Å². The molecule has 0 bridgehead atoms. The second-order valence-electron chi connectivity index (χ2n) is 6.71. The lowest BCUT2D eigenvalue weighted by Crippen LogP contribution is -2.30. The van der Waals surface area contributed by atoms with E-state index in [4.69, 9.17) is 11.1 Å². The van der Waals surface area contributed by atoms with Crippen molar-refractivity contribution in [3.8, 4) is 16.8 Å². The molecule has 0 unspecified atom stereocenters. The fourth-order valence-corrected chi connectivity index (χ4v) is 3.05. The molecule has 0 saturated carbocycles. The van der Waals surface area contributed by atoms with Gasteiger partial charge in [0.2, 0.25) is 0 Å². The molecule has 3 aromatic rings.